The summed E-state index contributed by atoms with van der Waals surface area (Å²) in [6.07, 6.45) is 1.09. The van der Waals surface area contributed by atoms with E-state index in [1.54, 1.807) is 24.3 Å². The van der Waals surface area contributed by atoms with E-state index in [-0.39, 0.29) is 32.1 Å². The molecule has 0 radical (unpaired) electrons. The van der Waals surface area contributed by atoms with Gasteiger partial charge in [0.2, 0.25) is 5.09 Å². The lowest BCUT2D eigenvalue weighted by atomic mass is 10.3. The number of halogens is 1. The Morgan fingerprint density at radius 2 is 1.78 bits per heavy atom. The van der Waals surface area contributed by atoms with Crippen LogP contribution in [0.4, 0.5) is 11.5 Å². The van der Waals surface area contributed by atoms with Crippen molar-refractivity contribution < 1.29 is 26.0 Å². The zero-order chi connectivity index (χ0) is 23.1. The zero-order valence-electron chi connectivity index (χ0n) is 16.2. The number of aromatic nitrogens is 1. The van der Waals surface area contributed by atoms with Crippen LogP contribution in [0.25, 0.3) is 11.0 Å². The van der Waals surface area contributed by atoms with Crippen molar-refractivity contribution in [2.75, 3.05) is 10.5 Å². The van der Waals surface area contributed by atoms with Crippen molar-refractivity contribution in [1.29, 1.82) is 0 Å². The van der Waals surface area contributed by atoms with E-state index in [9.17, 15) is 22.0 Å². The maximum absolute atomic E-state index is 13.1. The molecule has 9 nitrogen and oxygen atoms in total. The van der Waals surface area contributed by atoms with Gasteiger partial charge >= 0.3 is 0 Å². The molecule has 0 amide bonds. The summed E-state index contributed by atoms with van der Waals surface area (Å²) in [5.74, 6) is -0.682. The topological polar surface area (TPSA) is 146 Å². The summed E-state index contributed by atoms with van der Waals surface area (Å²) in [5.41, 5.74) is 5.93. The fraction of sp³-hybridized carbons (Fsp3) is 0.0500. The van der Waals surface area contributed by atoms with Gasteiger partial charge in [-0.3, -0.25) is 10.5 Å². The average Bonchev–Trinajstić information content (AvgIpc) is 3.15. The lowest BCUT2D eigenvalue weighted by Crippen LogP contribution is -2.29. The van der Waals surface area contributed by atoms with Crippen molar-refractivity contribution >= 4 is 53.9 Å². The number of anilines is 2. The van der Waals surface area contributed by atoms with Crippen LogP contribution in [0.1, 0.15) is 5.56 Å². The Labute approximate surface area is 188 Å². The highest BCUT2D eigenvalue weighted by Crippen LogP contribution is 2.31. The van der Waals surface area contributed by atoms with E-state index < -0.39 is 25.6 Å². The van der Waals surface area contributed by atoms with E-state index >= 15 is 0 Å². The summed E-state index contributed by atoms with van der Waals surface area (Å²) < 4.78 is 60.0. The fourth-order valence-electron chi connectivity index (χ4n) is 3.08. The van der Waals surface area contributed by atoms with Crippen LogP contribution in [-0.2, 0) is 25.6 Å². The molecule has 0 aliphatic carbocycles. The molecule has 4 aromatic rings. The summed E-state index contributed by atoms with van der Waals surface area (Å²) in [7, 11) is -8.32. The number of nitrogens with zero attached hydrogens (tertiary/aromatic N) is 1. The molecule has 0 saturated heterocycles. The number of rotatable bonds is 6. The van der Waals surface area contributed by atoms with Crippen molar-refractivity contribution in [3.8, 4) is 0 Å². The Morgan fingerprint density at radius 1 is 1.03 bits per heavy atom. The van der Waals surface area contributed by atoms with Crippen LogP contribution < -0.4 is 15.2 Å². The molecule has 3 N–H and O–H groups in total. The van der Waals surface area contributed by atoms with Gasteiger partial charge in [0, 0.05) is 22.5 Å². The van der Waals surface area contributed by atoms with Crippen LogP contribution in [0.2, 0.25) is 5.02 Å². The number of sulfone groups is 1. The van der Waals surface area contributed by atoms with E-state index in [1.807, 2.05) is 0 Å². The lowest BCUT2D eigenvalue weighted by molar-refractivity contribution is -0.589. The van der Waals surface area contributed by atoms with Crippen LogP contribution >= 0.6 is 11.6 Å². The largest absolute Gasteiger partial charge is 0.711 e. The minimum atomic E-state index is -4.26. The molecule has 0 aliphatic rings. The number of fused-ring (bicyclic) bond motifs is 1. The Kier molecular flexibility index (Phi) is 5.49. The molecule has 166 valence electrons. The SMILES string of the molecule is Nc1cc(CS(=O)(=O)c2ccc(Cl)cc2NS(=O)(=O)c2cc3ccccc3o2)cc[n+]1[O-]. The summed E-state index contributed by atoms with van der Waals surface area (Å²) in [6, 6.07) is 14.3. The molecule has 0 aliphatic heterocycles. The summed E-state index contributed by atoms with van der Waals surface area (Å²) in [5, 5.41) is 11.7. The molecule has 32 heavy (non-hydrogen) atoms. The van der Waals surface area contributed by atoms with Crippen LogP contribution in [0.3, 0.4) is 0 Å². The number of nitrogens with two attached hydrogens (primary N) is 1. The van der Waals surface area contributed by atoms with Gasteiger partial charge in [-0.25, -0.2) is 13.1 Å². The maximum Gasteiger partial charge on any atom is 0.295 e. The molecule has 0 atom stereocenters. The Balaban J connectivity index is 1.72. The molecule has 2 aromatic heterocycles. The van der Waals surface area contributed by atoms with Crippen LogP contribution in [-0.4, -0.2) is 16.8 Å². The molecule has 2 heterocycles. The second-order valence-corrected chi connectivity index (χ2v) is 10.9. The number of benzene rings is 2. The zero-order valence-corrected chi connectivity index (χ0v) is 18.6. The summed E-state index contributed by atoms with van der Waals surface area (Å²) in [4.78, 5) is -0.293. The van der Waals surface area contributed by atoms with Crippen LogP contribution in [0.15, 0.2) is 81.3 Å². The van der Waals surface area contributed by atoms with E-state index in [0.717, 1.165) is 6.20 Å². The molecule has 0 spiro atoms. The second kappa shape index (κ2) is 8.01. The van der Waals surface area contributed by atoms with Gasteiger partial charge in [0.25, 0.3) is 15.8 Å². The maximum atomic E-state index is 13.1. The van der Waals surface area contributed by atoms with Gasteiger partial charge in [-0.15, -0.1) is 0 Å². The number of sulfonamides is 1. The number of furan rings is 1. The standard InChI is InChI=1S/C20H16ClN3O6S2/c21-15-5-6-18(31(26,27)12-13-7-8-24(25)19(22)9-13)16(11-15)23-32(28,29)20-10-14-3-1-2-4-17(14)30-20/h1-11,23H,12,22H2. The van der Waals surface area contributed by atoms with Crippen molar-refractivity contribution in [2.24, 2.45) is 0 Å². The molecular formula is C20H16ClN3O6S2. The molecule has 2 aromatic carbocycles. The quantitative estimate of drug-likeness (QED) is 0.310. The molecular weight excluding hydrogens is 478 g/mol. The number of nitrogen functional groups attached to an aromatic ring is 1. The number of nitrogens with one attached hydrogen (secondary N) is 1. The van der Waals surface area contributed by atoms with E-state index in [2.05, 4.69) is 4.72 Å². The smallest absolute Gasteiger partial charge is 0.295 e. The van der Waals surface area contributed by atoms with Gasteiger partial charge in [0.1, 0.15) is 5.58 Å². The normalized spacial score (nSPS) is 12.2. The van der Waals surface area contributed by atoms with Crippen LogP contribution in [0, 0.1) is 5.21 Å². The van der Waals surface area contributed by atoms with Gasteiger partial charge in [0.15, 0.2) is 9.84 Å². The van der Waals surface area contributed by atoms with Crippen molar-refractivity contribution in [3.05, 3.63) is 82.7 Å². The molecule has 0 saturated carbocycles. The third-order valence-corrected chi connectivity index (χ3v) is 7.75. The van der Waals surface area contributed by atoms with Gasteiger partial charge in [-0.2, -0.15) is 8.42 Å². The fourth-order valence-corrected chi connectivity index (χ4v) is 5.85. The van der Waals surface area contributed by atoms with Crippen molar-refractivity contribution in [3.63, 3.8) is 0 Å². The first kappa shape index (κ1) is 21.9. The highest BCUT2D eigenvalue weighted by atomic mass is 35.5. The van der Waals surface area contributed by atoms with E-state index in [1.165, 1.54) is 36.4 Å². The van der Waals surface area contributed by atoms with Crippen LogP contribution in [0.5, 0.6) is 0 Å². The van der Waals surface area contributed by atoms with Crippen molar-refractivity contribution in [2.45, 2.75) is 15.7 Å². The monoisotopic (exact) mass is 493 g/mol. The van der Waals surface area contributed by atoms with Gasteiger partial charge in [-0.05, 0) is 35.9 Å². The molecule has 4 rings (SSSR count). The predicted molar refractivity (Wildman–Crippen MR) is 119 cm³/mol. The average molecular weight is 494 g/mol. The molecule has 0 bridgehead atoms. The highest BCUT2D eigenvalue weighted by molar-refractivity contribution is 7.93. The summed E-state index contributed by atoms with van der Waals surface area (Å²) >= 11 is 6.00. The first-order chi connectivity index (χ1) is 15.0. The van der Waals surface area contributed by atoms with Gasteiger partial charge in [0.05, 0.1) is 22.5 Å². The predicted octanol–water partition coefficient (Wildman–Crippen LogP) is 3.08. The molecule has 12 heteroatoms. The highest BCUT2D eigenvalue weighted by Gasteiger charge is 2.26. The minimum Gasteiger partial charge on any atom is -0.711 e. The van der Waals surface area contributed by atoms with E-state index in [4.69, 9.17) is 21.8 Å². The summed E-state index contributed by atoms with van der Waals surface area (Å²) in [6.45, 7) is 0. The Hall–Kier alpha value is -3.28. The number of para-hydroxylation sites is 1. The first-order valence-corrected chi connectivity index (χ1v) is 12.6. The first-order valence-electron chi connectivity index (χ1n) is 9.06. The van der Waals surface area contributed by atoms with E-state index in [0.29, 0.717) is 15.7 Å². The second-order valence-electron chi connectivity index (χ2n) is 6.89. The minimum absolute atomic E-state index is 0.127. The Bertz CT molecular complexity index is 1520. The van der Waals surface area contributed by atoms with Gasteiger partial charge < -0.3 is 9.62 Å². The van der Waals surface area contributed by atoms with Gasteiger partial charge in [-0.1, -0.05) is 29.8 Å². The number of hydrogen-bond acceptors (Lipinski definition) is 7. The van der Waals surface area contributed by atoms with Crippen molar-refractivity contribution in [1.82, 2.24) is 0 Å². The molecule has 0 unspecified atom stereocenters. The number of pyridine rings is 1. The third kappa shape index (κ3) is 4.35. The molecule has 0 fully saturated rings. The number of hydrogen-bond donors (Lipinski definition) is 2. The Morgan fingerprint density at radius 3 is 2.50 bits per heavy atom. The lowest BCUT2D eigenvalue weighted by Gasteiger charge is -2.13. The third-order valence-electron chi connectivity index (χ3n) is 4.56.